The summed E-state index contributed by atoms with van der Waals surface area (Å²) in [5.74, 6) is -1.43. The number of allylic oxidation sites excluding steroid dienone is 4. The first kappa shape index (κ1) is 24.8. The van der Waals surface area contributed by atoms with Gasteiger partial charge in [0.05, 0.1) is 12.2 Å². The molecule has 0 unspecified atom stereocenters. The van der Waals surface area contributed by atoms with E-state index in [-0.39, 0.29) is 47.8 Å². The highest BCUT2D eigenvalue weighted by molar-refractivity contribution is 6.01. The molecule has 0 aromatic carbocycles. The van der Waals surface area contributed by atoms with Gasteiger partial charge in [0.15, 0.2) is 23.8 Å². The molecule has 0 spiro atoms. The maximum atomic E-state index is 13.9. The van der Waals surface area contributed by atoms with Crippen molar-refractivity contribution in [2.24, 2.45) is 28.6 Å². The summed E-state index contributed by atoms with van der Waals surface area (Å²) in [5, 5.41) is 11.7. The minimum Gasteiger partial charge on any atom is -0.458 e. The Hall–Kier alpha value is -1.83. The van der Waals surface area contributed by atoms with Crippen LogP contribution < -0.4 is 0 Å². The lowest BCUT2D eigenvalue weighted by atomic mass is 9.46. The number of carbonyl (C=O) groups excluding carboxylic acids is 3. The monoisotopic (exact) mass is 486 g/mol. The molecule has 7 heteroatoms. The highest BCUT2D eigenvalue weighted by Crippen LogP contribution is 2.70. The fraction of sp³-hybridized carbons (Fsp3) is 0.750. The number of ether oxygens (including phenoxy) is 3. The van der Waals surface area contributed by atoms with Crippen LogP contribution in [-0.2, 0) is 28.6 Å². The number of hydrogen-bond donors (Lipinski definition) is 1. The van der Waals surface area contributed by atoms with Crippen LogP contribution in [0.3, 0.4) is 0 Å². The van der Waals surface area contributed by atoms with Gasteiger partial charge in [-0.2, -0.15) is 0 Å². The number of fused-ring (bicyclic) bond motifs is 7. The van der Waals surface area contributed by atoms with Gasteiger partial charge in [-0.05, 0) is 69.9 Å². The van der Waals surface area contributed by atoms with Gasteiger partial charge in [-0.25, -0.2) is 0 Å². The molecule has 7 nitrogen and oxygen atoms in total. The van der Waals surface area contributed by atoms with Crippen molar-refractivity contribution < 1.29 is 33.7 Å². The standard InChI is InChI=1S/C28H38O7/c1-6-7-23(32)33-15-21(31)28-22(34-25(2,3)35-28)13-19-18-9-8-16-12-17(29)10-11-26(16,4)24(18)20(30)14-27(19,28)5/h10-12,18-20,22,24,30H,6-9,13-15H2,1-5H3/t18-,19-,20-,22-,24+,26-,27-,28+/m0/s1. The van der Waals surface area contributed by atoms with Crippen LogP contribution in [0.25, 0.3) is 0 Å². The summed E-state index contributed by atoms with van der Waals surface area (Å²) in [5.41, 5.74) is -1.25. The summed E-state index contributed by atoms with van der Waals surface area (Å²) in [6, 6.07) is 0. The number of ketones is 2. The molecule has 1 N–H and O–H groups in total. The summed E-state index contributed by atoms with van der Waals surface area (Å²) < 4.78 is 18.2. The van der Waals surface area contributed by atoms with Crippen LogP contribution in [0.1, 0.15) is 73.1 Å². The Balaban J connectivity index is 1.51. The second-order valence-corrected chi connectivity index (χ2v) is 12.1. The first-order valence-electron chi connectivity index (χ1n) is 13.1. The molecule has 4 aliphatic carbocycles. The molecule has 3 saturated carbocycles. The fourth-order valence-corrected chi connectivity index (χ4v) is 8.45. The average molecular weight is 487 g/mol. The van der Waals surface area contributed by atoms with E-state index in [0.717, 1.165) is 18.4 Å². The molecule has 35 heavy (non-hydrogen) atoms. The SMILES string of the molecule is CCCC(=O)OCC(=O)[C@@]12OC(C)(C)O[C@H]1C[C@H]1[C@@H]3CCC4=CC(=O)C=C[C@]4(C)[C@H]3[C@@H](O)C[C@@]12C. The van der Waals surface area contributed by atoms with Crippen LogP contribution in [0.15, 0.2) is 23.8 Å². The number of carbonyl (C=O) groups is 3. The molecule has 1 aliphatic heterocycles. The van der Waals surface area contributed by atoms with Gasteiger partial charge < -0.3 is 19.3 Å². The Labute approximate surface area is 207 Å². The summed E-state index contributed by atoms with van der Waals surface area (Å²) in [4.78, 5) is 38.0. The van der Waals surface area contributed by atoms with Gasteiger partial charge in [0.2, 0.25) is 5.78 Å². The van der Waals surface area contributed by atoms with Gasteiger partial charge in [-0.15, -0.1) is 0 Å². The van der Waals surface area contributed by atoms with E-state index in [2.05, 4.69) is 13.8 Å². The van der Waals surface area contributed by atoms with Crippen LogP contribution in [0.5, 0.6) is 0 Å². The normalized spacial score (nSPS) is 45.1. The summed E-state index contributed by atoms with van der Waals surface area (Å²) in [7, 11) is 0. The van der Waals surface area contributed by atoms with Gasteiger partial charge in [0.25, 0.3) is 0 Å². The second kappa shape index (κ2) is 8.09. The van der Waals surface area contributed by atoms with E-state index in [0.29, 0.717) is 19.3 Å². The number of aliphatic hydroxyl groups excluding tert-OH is 1. The van der Waals surface area contributed by atoms with Gasteiger partial charge in [-0.1, -0.05) is 32.4 Å². The maximum Gasteiger partial charge on any atom is 0.306 e. The van der Waals surface area contributed by atoms with E-state index >= 15 is 0 Å². The lowest BCUT2D eigenvalue weighted by Crippen LogP contribution is -2.64. The molecule has 0 radical (unpaired) electrons. The molecular weight excluding hydrogens is 448 g/mol. The van der Waals surface area contributed by atoms with Crippen molar-refractivity contribution in [2.45, 2.75) is 96.7 Å². The highest BCUT2D eigenvalue weighted by Gasteiger charge is 2.76. The topological polar surface area (TPSA) is 99.1 Å². The average Bonchev–Trinajstić information content (AvgIpc) is 3.18. The minimum absolute atomic E-state index is 0.00709. The van der Waals surface area contributed by atoms with Gasteiger partial charge in [-0.3, -0.25) is 14.4 Å². The highest BCUT2D eigenvalue weighted by atomic mass is 16.8. The van der Waals surface area contributed by atoms with Crippen molar-refractivity contribution in [1.82, 2.24) is 0 Å². The first-order valence-corrected chi connectivity index (χ1v) is 13.1. The summed E-state index contributed by atoms with van der Waals surface area (Å²) >= 11 is 0. The van der Waals surface area contributed by atoms with E-state index in [4.69, 9.17) is 14.2 Å². The molecule has 0 aromatic heterocycles. The van der Waals surface area contributed by atoms with Crippen molar-refractivity contribution in [3.63, 3.8) is 0 Å². The predicted molar refractivity (Wildman–Crippen MR) is 127 cm³/mol. The third-order valence-corrected chi connectivity index (χ3v) is 9.72. The molecule has 1 heterocycles. The quantitative estimate of drug-likeness (QED) is 0.592. The molecule has 0 bridgehead atoms. The zero-order valence-electron chi connectivity index (χ0n) is 21.5. The molecule has 5 aliphatic rings. The van der Waals surface area contributed by atoms with Crippen LogP contribution in [-0.4, -0.2) is 52.8 Å². The van der Waals surface area contributed by atoms with E-state index in [1.165, 1.54) is 0 Å². The molecular formula is C28H38O7. The number of aliphatic hydroxyl groups is 1. The Morgan fingerprint density at radius 3 is 2.69 bits per heavy atom. The Bertz CT molecular complexity index is 1010. The Kier molecular flexibility index (Phi) is 5.74. The van der Waals surface area contributed by atoms with Crippen LogP contribution in [0, 0.1) is 28.6 Å². The molecule has 1 saturated heterocycles. The van der Waals surface area contributed by atoms with Crippen LogP contribution in [0.4, 0.5) is 0 Å². The zero-order valence-corrected chi connectivity index (χ0v) is 21.5. The van der Waals surface area contributed by atoms with Gasteiger partial charge in [0, 0.05) is 23.2 Å². The molecule has 5 rings (SSSR count). The second-order valence-electron chi connectivity index (χ2n) is 12.1. The molecule has 4 fully saturated rings. The molecule has 0 amide bonds. The smallest absolute Gasteiger partial charge is 0.306 e. The number of esters is 1. The van der Waals surface area contributed by atoms with Gasteiger partial charge >= 0.3 is 5.97 Å². The first-order chi connectivity index (χ1) is 16.4. The lowest BCUT2D eigenvalue weighted by molar-refractivity contribution is -0.225. The van der Waals surface area contributed by atoms with Crippen molar-refractivity contribution in [3.05, 3.63) is 23.8 Å². The van der Waals surface area contributed by atoms with E-state index in [1.807, 2.05) is 26.8 Å². The molecule has 192 valence electrons. The van der Waals surface area contributed by atoms with Crippen LogP contribution in [0.2, 0.25) is 0 Å². The number of rotatable bonds is 5. The van der Waals surface area contributed by atoms with Crippen molar-refractivity contribution in [3.8, 4) is 0 Å². The van der Waals surface area contributed by atoms with Gasteiger partial charge in [0.1, 0.15) is 0 Å². The van der Waals surface area contributed by atoms with E-state index in [1.54, 1.807) is 12.2 Å². The lowest BCUT2D eigenvalue weighted by Gasteiger charge is -2.59. The number of hydrogen-bond acceptors (Lipinski definition) is 7. The third-order valence-electron chi connectivity index (χ3n) is 9.72. The predicted octanol–water partition coefficient (Wildman–Crippen LogP) is 3.68. The van der Waals surface area contributed by atoms with Crippen molar-refractivity contribution in [2.75, 3.05) is 6.61 Å². The van der Waals surface area contributed by atoms with Crippen molar-refractivity contribution in [1.29, 1.82) is 0 Å². The Morgan fingerprint density at radius 1 is 1.23 bits per heavy atom. The summed E-state index contributed by atoms with van der Waals surface area (Å²) in [6.07, 6.45) is 7.79. The van der Waals surface area contributed by atoms with E-state index in [9.17, 15) is 19.5 Å². The summed E-state index contributed by atoms with van der Waals surface area (Å²) in [6.45, 7) is 9.35. The van der Waals surface area contributed by atoms with Crippen molar-refractivity contribution >= 4 is 17.5 Å². The molecule has 8 atom stereocenters. The third kappa shape index (κ3) is 3.45. The maximum absolute atomic E-state index is 13.9. The number of Topliss-reactive ketones (excluding diaryl/α,β-unsaturated/α-hetero) is 1. The molecule has 0 aromatic rings. The largest absolute Gasteiger partial charge is 0.458 e. The van der Waals surface area contributed by atoms with E-state index < -0.39 is 35.0 Å². The van der Waals surface area contributed by atoms with Crippen LogP contribution >= 0.6 is 0 Å². The minimum atomic E-state index is -1.28. The Morgan fingerprint density at radius 2 is 1.97 bits per heavy atom. The fourth-order valence-electron chi connectivity index (χ4n) is 8.45. The zero-order chi connectivity index (χ0) is 25.4.